The van der Waals surface area contributed by atoms with Crippen LogP contribution in [-0.4, -0.2) is 57.9 Å². The van der Waals surface area contributed by atoms with Crippen molar-refractivity contribution in [3.05, 3.63) is 264 Å². The average molecular weight is 1570 g/mol. The minimum Gasteiger partial charge on any atom is -0.618 e. The number of ether oxygens (including phenoxy) is 4. The lowest BCUT2D eigenvalue weighted by Gasteiger charge is -2.33. The number of rotatable bonds is 4. The standard InChI is InChI=1S/C22H19NO4.C21H17FN2O3.C21H18N2O4.C21H18N2O3.CH4.BrCl/c1-3-22(2)17-9-18-14-8-12-6-4-5-7-13(12)19(24)15(14)10-23(18)20(25)16(17)11-27-21(22)26;1-3-21(2)14-8-16-18-12(17(22)11-6-4-5-7-15(11)23-18)9-24(16)19(25)13(14)10-27-20(21)26;1-3-21(2)15-9-17-18-13(8-12-6-4-5-7-16(12)23(18)26)10-22(17)19(24)14(15)11-27-20(21)25;1-3-21(2)15-9-17-18-13(8-12-6-4-5-7-16(12)22-18)10-23(17)19(24)14(15)11-26-20(21)25;;1-2/h4-9,15H,3,10-11H2,1-2H3;4-8H,3,9-10H2,1-2H3;4-9H,3,10-11H2,1-2H3;4-9H,3,10-11H2,1-2H3;1H4;/t15?,22-;3*21-;;/m1111../s1. The number of halogens is 3. The average Bonchev–Trinajstić information content (AvgIpc) is 1.54. The molecule has 24 heteroatoms. The molecule has 20 rings (SSSR count). The zero-order valence-corrected chi connectivity index (χ0v) is 63.2. The number of carbonyl (C=O) groups is 5. The molecule has 15 heterocycles. The lowest BCUT2D eigenvalue weighted by Crippen LogP contribution is -2.42. The molecular weight excluding hydrogens is 1490 g/mol. The van der Waals surface area contributed by atoms with E-state index in [1.807, 2.05) is 145 Å². The predicted molar refractivity (Wildman–Crippen MR) is 417 cm³/mol. The molecule has 0 N–H and O–H groups in total. The Balaban J connectivity index is 0.000000115. The molecule has 21 nitrogen and oxygen atoms in total. The van der Waals surface area contributed by atoms with Crippen LogP contribution in [0.2, 0.25) is 0 Å². The van der Waals surface area contributed by atoms with Crippen LogP contribution in [0.25, 0.3) is 78.5 Å². The Morgan fingerprint density at radius 3 is 1.46 bits per heavy atom. The molecule has 1 unspecified atom stereocenters. The third-order valence-electron chi connectivity index (χ3n) is 24.3. The molecule has 0 saturated heterocycles. The summed E-state index contributed by atoms with van der Waals surface area (Å²) < 4.78 is 43.8. The van der Waals surface area contributed by atoms with Crippen LogP contribution in [0.3, 0.4) is 0 Å². The summed E-state index contributed by atoms with van der Waals surface area (Å²) in [4.78, 5) is 125. The summed E-state index contributed by atoms with van der Waals surface area (Å²) in [6, 6.07) is 41.5. The van der Waals surface area contributed by atoms with Crippen LogP contribution < -0.4 is 27.0 Å². The Morgan fingerprint density at radius 1 is 0.491 bits per heavy atom. The molecule has 560 valence electrons. The lowest BCUT2D eigenvalue weighted by molar-refractivity contribution is -0.565. The van der Waals surface area contributed by atoms with Gasteiger partial charge in [-0.05, 0) is 164 Å². The number of nitrogens with zero attached hydrogens (tertiary/aromatic N) is 7. The molecule has 1 aliphatic carbocycles. The highest BCUT2D eigenvalue weighted by molar-refractivity contribution is 9.22. The van der Waals surface area contributed by atoms with E-state index in [2.05, 4.69) is 36.2 Å². The molecule has 0 radical (unpaired) electrons. The van der Waals surface area contributed by atoms with E-state index in [1.54, 1.807) is 57.9 Å². The topological polar surface area (TPSA) is 263 Å². The molecule has 7 aromatic heterocycles. The van der Waals surface area contributed by atoms with Crippen LogP contribution >= 0.6 is 25.1 Å². The number of cyclic esters (lactones) is 4. The van der Waals surface area contributed by atoms with Crippen LogP contribution in [0.1, 0.15) is 171 Å². The zero-order chi connectivity index (χ0) is 76.8. The molecule has 0 fully saturated rings. The number of fused-ring (bicyclic) bond motifs is 20. The zero-order valence-electron chi connectivity index (χ0n) is 60.8. The molecule has 0 amide bonds. The van der Waals surface area contributed by atoms with Gasteiger partial charge in [-0.2, -0.15) is 4.73 Å². The van der Waals surface area contributed by atoms with Gasteiger partial charge in [0, 0.05) is 71.7 Å². The molecule has 0 saturated carbocycles. The van der Waals surface area contributed by atoms with Crippen LogP contribution in [0.5, 0.6) is 0 Å². The van der Waals surface area contributed by atoms with E-state index in [0.717, 1.165) is 71.5 Å². The first-order valence-electron chi connectivity index (χ1n) is 36.3. The Bertz CT molecular complexity index is 6220. The maximum Gasteiger partial charge on any atom is 0.316 e. The Morgan fingerprint density at radius 2 is 0.909 bits per heavy atom. The molecule has 11 aromatic rings. The number of benzene rings is 4. The molecule has 9 aliphatic rings. The predicted octanol–water partition coefficient (Wildman–Crippen LogP) is 13.9. The number of hydrogen-bond acceptors (Lipinski definition) is 16. The van der Waals surface area contributed by atoms with Gasteiger partial charge < -0.3 is 37.9 Å². The number of pyridine rings is 7. The van der Waals surface area contributed by atoms with E-state index in [0.29, 0.717) is 129 Å². The smallest absolute Gasteiger partial charge is 0.316 e. The fourth-order valence-corrected chi connectivity index (χ4v) is 17.1. The number of aromatic nitrogens is 7. The number of para-hydroxylation sites is 3. The second-order valence-electron chi connectivity index (χ2n) is 29.8. The quantitative estimate of drug-likeness (QED) is 0.0686. The van der Waals surface area contributed by atoms with E-state index in [-0.39, 0.29) is 104 Å². The van der Waals surface area contributed by atoms with Crippen molar-refractivity contribution in [3.63, 3.8) is 0 Å². The highest BCUT2D eigenvalue weighted by Gasteiger charge is 2.49. The van der Waals surface area contributed by atoms with E-state index < -0.39 is 21.7 Å². The fraction of sp³-hybridized carbons (Fsp3) is 0.302. The van der Waals surface area contributed by atoms with Crippen LogP contribution in [0.15, 0.2) is 153 Å². The summed E-state index contributed by atoms with van der Waals surface area (Å²) in [7, 11) is 4.45. The number of Topliss-reactive ketones (excluding diaryl/α,β-unsaturated/α-hetero) is 1. The van der Waals surface area contributed by atoms with Crippen LogP contribution in [-0.2, 0) is 112 Å². The van der Waals surface area contributed by atoms with Gasteiger partial charge in [0.25, 0.3) is 22.2 Å². The molecule has 0 spiro atoms. The number of hydrogen-bond donors (Lipinski definition) is 0. The first-order valence-corrected chi connectivity index (χ1v) is 38.4. The van der Waals surface area contributed by atoms with Gasteiger partial charge in [0.2, 0.25) is 11.2 Å². The SMILES string of the molecule is C.CC[C@@]1(C)C(=O)OCc2c1cc1n(c2=O)CC2C(=O)c3ccccc3C=C12.CC[C@@]1(C)C(=O)OCc2c1cc1n(c2=O)Cc2c-1nc1ccccc1c2F.CC[C@@]1(C)C(=O)OCc2c1cc1n(c2=O)Cc2cc3ccccc3[n+]([O-])c2-1.CC[C@@]1(C)C(=O)OCc2c1cc1n(c2=O)Cc2cc3ccccc3nc2-1.ClBr. The van der Waals surface area contributed by atoms with Crippen molar-refractivity contribution in [2.75, 3.05) is 0 Å². The Kier molecular flexibility index (Phi) is 18.5. The normalized spacial score (nSPS) is 21.0. The maximum atomic E-state index is 15.1. The van der Waals surface area contributed by atoms with Gasteiger partial charge in [-0.25, -0.2) is 14.4 Å². The van der Waals surface area contributed by atoms with Crippen molar-refractivity contribution in [2.24, 2.45) is 5.92 Å². The Labute approximate surface area is 642 Å². The van der Waals surface area contributed by atoms with Crippen molar-refractivity contribution in [2.45, 2.75) is 163 Å². The minimum atomic E-state index is -0.888. The van der Waals surface area contributed by atoms with Gasteiger partial charge in [0.05, 0.1) is 103 Å². The van der Waals surface area contributed by atoms with Gasteiger partial charge in [-0.3, -0.25) is 47.7 Å². The lowest BCUT2D eigenvalue weighted by atomic mass is 9.76. The van der Waals surface area contributed by atoms with E-state index in [4.69, 9.17) is 23.9 Å². The van der Waals surface area contributed by atoms with Crippen molar-refractivity contribution in [1.29, 1.82) is 0 Å². The summed E-state index contributed by atoms with van der Waals surface area (Å²) in [5, 5.41) is 15.4. The van der Waals surface area contributed by atoms with Crippen molar-refractivity contribution in [3.8, 4) is 34.2 Å². The molecule has 8 aliphatic heterocycles. The first kappa shape index (κ1) is 74.2. The van der Waals surface area contributed by atoms with Crippen LogP contribution in [0, 0.1) is 16.9 Å². The number of carbonyl (C=O) groups excluding carboxylic acids is 5. The van der Waals surface area contributed by atoms with Gasteiger partial charge >= 0.3 is 23.9 Å². The highest BCUT2D eigenvalue weighted by atomic mass is 79.9. The van der Waals surface area contributed by atoms with Crippen molar-refractivity contribution < 1.29 is 52.0 Å². The van der Waals surface area contributed by atoms with E-state index in [1.165, 1.54) is 4.57 Å². The molecule has 4 aromatic carbocycles. The monoisotopic (exact) mass is 1560 g/mol. The first-order chi connectivity index (χ1) is 52.4. The number of ketones is 1. The molecule has 0 bridgehead atoms. The summed E-state index contributed by atoms with van der Waals surface area (Å²) >= 11 is 2.41. The third-order valence-corrected chi connectivity index (χ3v) is 24.3. The number of allylic oxidation sites excluding steroid dienone is 1. The summed E-state index contributed by atoms with van der Waals surface area (Å²) in [6.45, 7) is 16.2. The highest BCUT2D eigenvalue weighted by Crippen LogP contribution is 2.47. The molecular formula is C86H76BrClFN7O14. The van der Waals surface area contributed by atoms with E-state index in [9.17, 15) is 48.4 Å². The fourth-order valence-electron chi connectivity index (χ4n) is 17.1. The maximum absolute atomic E-state index is 15.1. The summed E-state index contributed by atoms with van der Waals surface area (Å²) in [6.07, 6.45) is 4.17. The van der Waals surface area contributed by atoms with Gasteiger partial charge in [0.1, 0.15) is 37.9 Å². The second kappa shape index (κ2) is 27.4. The second-order valence-corrected chi connectivity index (χ2v) is 29.8. The van der Waals surface area contributed by atoms with Crippen molar-refractivity contribution in [1.82, 2.24) is 28.2 Å². The van der Waals surface area contributed by atoms with Gasteiger partial charge in [-0.15, -0.1) is 0 Å². The third kappa shape index (κ3) is 10.9. The van der Waals surface area contributed by atoms with Crippen molar-refractivity contribution >= 4 is 99.2 Å². The van der Waals surface area contributed by atoms with E-state index >= 15 is 4.39 Å². The summed E-state index contributed by atoms with van der Waals surface area (Å²) in [5.74, 6) is -1.86. The molecule has 110 heavy (non-hydrogen) atoms. The largest absolute Gasteiger partial charge is 0.618 e. The number of esters is 4. The minimum absolute atomic E-state index is 0. The van der Waals surface area contributed by atoms with Gasteiger partial charge in [-0.1, -0.05) is 102 Å². The van der Waals surface area contributed by atoms with Gasteiger partial charge in [0.15, 0.2) is 5.78 Å². The summed E-state index contributed by atoms with van der Waals surface area (Å²) in [5.41, 5.74) is 12.2. The molecule has 5 atom stereocenters. The Hall–Kier alpha value is -11.3. The van der Waals surface area contributed by atoms with Crippen LogP contribution in [0.4, 0.5) is 4.39 Å².